The number of phenols is 4. The molecule has 0 aliphatic carbocycles. The van der Waals surface area contributed by atoms with Gasteiger partial charge in [0.1, 0.15) is 12.2 Å². The summed E-state index contributed by atoms with van der Waals surface area (Å²) >= 11 is 0. The lowest BCUT2D eigenvalue weighted by atomic mass is 9.98. The van der Waals surface area contributed by atoms with Gasteiger partial charge in [-0.1, -0.05) is 12.1 Å². The van der Waals surface area contributed by atoms with Crippen LogP contribution in [-0.4, -0.2) is 85.0 Å². The molecule has 1 saturated heterocycles. The van der Waals surface area contributed by atoms with E-state index >= 15 is 0 Å². The van der Waals surface area contributed by atoms with Gasteiger partial charge in [0.2, 0.25) is 0 Å². The maximum absolute atomic E-state index is 12.4. The van der Waals surface area contributed by atoms with Crippen molar-refractivity contribution in [2.24, 2.45) is 0 Å². The molecule has 1 aliphatic heterocycles. The van der Waals surface area contributed by atoms with Gasteiger partial charge in [0.15, 0.2) is 41.5 Å². The van der Waals surface area contributed by atoms with Crippen LogP contribution in [0.15, 0.2) is 48.6 Å². The highest BCUT2D eigenvalue weighted by Crippen LogP contribution is 2.28. The Morgan fingerprint density at radius 1 is 0.778 bits per heavy atom. The molecule has 1 heterocycles. The summed E-state index contributed by atoms with van der Waals surface area (Å²) in [5.74, 6) is -3.55. The average Bonchev–Trinajstić information content (AvgIpc) is 2.85. The van der Waals surface area contributed by atoms with Crippen molar-refractivity contribution in [3.05, 3.63) is 59.7 Å². The van der Waals surface area contributed by atoms with E-state index < -0.39 is 60.8 Å². The first-order valence-electron chi connectivity index (χ1n) is 10.5. The number of rotatable bonds is 7. The molecule has 0 bridgehead atoms. The summed E-state index contributed by atoms with van der Waals surface area (Å²) in [6.45, 7) is -0.756. The zero-order chi connectivity index (χ0) is 26.4. The van der Waals surface area contributed by atoms with E-state index in [1.807, 2.05) is 0 Å². The molecular weight excluding hydrogens is 480 g/mol. The molecule has 0 spiro atoms. The lowest BCUT2D eigenvalue weighted by Gasteiger charge is -2.40. The number of carbonyl (C=O) groups excluding carboxylic acids is 2. The maximum atomic E-state index is 12.4. The molecule has 0 unspecified atom stereocenters. The van der Waals surface area contributed by atoms with Crippen molar-refractivity contribution in [1.29, 1.82) is 0 Å². The van der Waals surface area contributed by atoms with Gasteiger partial charge in [-0.25, -0.2) is 9.59 Å². The van der Waals surface area contributed by atoms with E-state index in [0.717, 1.165) is 12.2 Å². The summed E-state index contributed by atoms with van der Waals surface area (Å²) < 4.78 is 15.5. The summed E-state index contributed by atoms with van der Waals surface area (Å²) in [7, 11) is 0. The van der Waals surface area contributed by atoms with Gasteiger partial charge in [-0.3, -0.25) is 0 Å². The Morgan fingerprint density at radius 3 is 1.69 bits per heavy atom. The van der Waals surface area contributed by atoms with Crippen molar-refractivity contribution in [2.75, 3.05) is 6.61 Å². The Labute approximate surface area is 204 Å². The Hall–Kier alpha value is -4.10. The molecule has 0 amide bonds. The van der Waals surface area contributed by atoms with Gasteiger partial charge in [0.05, 0.1) is 6.61 Å². The van der Waals surface area contributed by atoms with Crippen LogP contribution in [0.3, 0.4) is 0 Å². The highest BCUT2D eigenvalue weighted by Gasteiger charge is 2.48. The number of aliphatic hydroxyl groups excluding tert-OH is 3. The molecule has 3 rings (SSSR count). The summed E-state index contributed by atoms with van der Waals surface area (Å²) in [4.78, 5) is 24.8. The molecule has 1 aliphatic rings. The Morgan fingerprint density at radius 2 is 1.25 bits per heavy atom. The molecule has 0 aromatic heterocycles. The second-order valence-electron chi connectivity index (χ2n) is 7.70. The normalized spacial score (nSPS) is 24.1. The predicted molar refractivity (Wildman–Crippen MR) is 121 cm³/mol. The first-order chi connectivity index (χ1) is 17.1. The third-order valence-corrected chi connectivity index (χ3v) is 5.14. The van der Waals surface area contributed by atoms with Crippen LogP contribution in [0.4, 0.5) is 0 Å². The van der Waals surface area contributed by atoms with Crippen LogP contribution in [-0.2, 0) is 23.8 Å². The van der Waals surface area contributed by atoms with E-state index in [9.17, 15) is 45.3 Å². The van der Waals surface area contributed by atoms with Gasteiger partial charge in [0.25, 0.3) is 0 Å². The van der Waals surface area contributed by atoms with Crippen LogP contribution in [0.5, 0.6) is 23.0 Å². The molecule has 0 saturated carbocycles. The van der Waals surface area contributed by atoms with Crippen LogP contribution in [0.2, 0.25) is 0 Å². The van der Waals surface area contributed by atoms with Crippen LogP contribution >= 0.6 is 0 Å². The average molecular weight is 504 g/mol. The van der Waals surface area contributed by atoms with Crippen molar-refractivity contribution < 1.29 is 59.5 Å². The molecule has 12 nitrogen and oxygen atoms in total. The minimum atomic E-state index is -1.86. The summed E-state index contributed by atoms with van der Waals surface area (Å²) in [5.41, 5.74) is 0.668. The van der Waals surface area contributed by atoms with Gasteiger partial charge in [-0.05, 0) is 47.5 Å². The van der Waals surface area contributed by atoms with E-state index in [-0.39, 0.29) is 11.5 Å². The van der Waals surface area contributed by atoms with Crippen LogP contribution in [0.1, 0.15) is 11.1 Å². The Kier molecular flexibility index (Phi) is 8.51. The minimum absolute atomic E-state index is 0.330. The standard InChI is InChI=1S/C24H24O12/c25-11-18-22(35-19(30)7-3-12-1-5-14(26)16(28)9-12)23(21(32)24(33)34-18)36-20(31)8-4-13-2-6-15(27)17(29)10-13/h1-10,18,21-29,32-33H,11H2/b7-3+,8-4+/t18-,21-,22-,23-,24-/m1/s1. The third-order valence-electron chi connectivity index (χ3n) is 5.14. The Balaban J connectivity index is 1.74. The number of esters is 2. The van der Waals surface area contributed by atoms with Gasteiger partial charge >= 0.3 is 11.9 Å². The molecule has 7 N–H and O–H groups in total. The smallest absolute Gasteiger partial charge is 0.331 e. The molecule has 0 radical (unpaired) electrons. The minimum Gasteiger partial charge on any atom is -0.504 e. The van der Waals surface area contributed by atoms with Crippen molar-refractivity contribution in [3.63, 3.8) is 0 Å². The molecule has 2 aromatic rings. The first kappa shape index (κ1) is 26.5. The number of aliphatic hydroxyl groups is 3. The van der Waals surface area contributed by atoms with E-state index in [2.05, 4.69) is 0 Å². The number of ether oxygens (including phenoxy) is 3. The zero-order valence-corrected chi connectivity index (χ0v) is 18.5. The molecule has 5 atom stereocenters. The SMILES string of the molecule is O=C(/C=C/c1ccc(O)c(O)c1)O[C@@H]1[C@@H](O)[C@H](O)O[C@H](CO)[C@H]1OC(=O)/C=C/c1ccc(O)c(O)c1. The van der Waals surface area contributed by atoms with Gasteiger partial charge in [-0.15, -0.1) is 0 Å². The number of hydrogen-bond acceptors (Lipinski definition) is 12. The highest BCUT2D eigenvalue weighted by molar-refractivity contribution is 5.88. The predicted octanol–water partition coefficient (Wildman–Crippen LogP) is 0.130. The fourth-order valence-corrected chi connectivity index (χ4v) is 3.30. The van der Waals surface area contributed by atoms with E-state index in [1.54, 1.807) is 0 Å². The number of phenolic OH excluding ortho intramolecular Hbond substituents is 4. The van der Waals surface area contributed by atoms with Gasteiger partial charge in [0, 0.05) is 12.2 Å². The second kappa shape index (κ2) is 11.6. The molecular formula is C24H24O12. The van der Waals surface area contributed by atoms with E-state index in [4.69, 9.17) is 14.2 Å². The lowest BCUT2D eigenvalue weighted by molar-refractivity contribution is -0.291. The maximum Gasteiger partial charge on any atom is 0.331 e. The van der Waals surface area contributed by atoms with Crippen molar-refractivity contribution in [3.8, 4) is 23.0 Å². The molecule has 2 aromatic carbocycles. The second-order valence-corrected chi connectivity index (χ2v) is 7.70. The monoisotopic (exact) mass is 504 g/mol. The topological polar surface area (TPSA) is 203 Å². The number of hydrogen-bond donors (Lipinski definition) is 7. The van der Waals surface area contributed by atoms with Crippen molar-refractivity contribution >= 4 is 24.1 Å². The first-order valence-corrected chi connectivity index (χ1v) is 10.5. The molecule has 192 valence electrons. The fraction of sp³-hybridized carbons (Fsp3) is 0.250. The molecule has 1 fully saturated rings. The van der Waals surface area contributed by atoms with Crippen LogP contribution < -0.4 is 0 Å². The van der Waals surface area contributed by atoms with E-state index in [0.29, 0.717) is 11.1 Å². The zero-order valence-electron chi connectivity index (χ0n) is 18.5. The number of aromatic hydroxyl groups is 4. The number of carbonyl (C=O) groups is 2. The summed E-state index contributed by atoms with van der Waals surface area (Å²) in [6, 6.07) is 7.58. The van der Waals surface area contributed by atoms with Crippen LogP contribution in [0, 0.1) is 0 Å². The van der Waals surface area contributed by atoms with Crippen molar-refractivity contribution in [2.45, 2.75) is 30.7 Å². The summed E-state index contributed by atoms with van der Waals surface area (Å²) in [5, 5.41) is 67.6. The van der Waals surface area contributed by atoms with Gasteiger partial charge < -0.3 is 50.0 Å². The van der Waals surface area contributed by atoms with Crippen molar-refractivity contribution in [1.82, 2.24) is 0 Å². The largest absolute Gasteiger partial charge is 0.504 e. The molecule has 12 heteroatoms. The van der Waals surface area contributed by atoms with E-state index in [1.165, 1.54) is 48.6 Å². The quantitative estimate of drug-likeness (QED) is 0.153. The Bertz CT molecular complexity index is 1080. The van der Waals surface area contributed by atoms with Crippen LogP contribution in [0.25, 0.3) is 12.2 Å². The highest BCUT2D eigenvalue weighted by atomic mass is 16.7. The third kappa shape index (κ3) is 6.52. The fourth-order valence-electron chi connectivity index (χ4n) is 3.30. The molecule has 36 heavy (non-hydrogen) atoms. The van der Waals surface area contributed by atoms with Gasteiger partial charge in [-0.2, -0.15) is 0 Å². The summed E-state index contributed by atoms with van der Waals surface area (Å²) in [6.07, 6.45) is -3.82. The lowest BCUT2D eigenvalue weighted by Crippen LogP contribution is -2.61. The number of benzene rings is 2.